The SMILES string of the molecule is CN1c2ccccc2OC(CCO)C1C1=CC1. The van der Waals surface area contributed by atoms with Gasteiger partial charge in [-0.15, -0.1) is 0 Å². The molecular weight excluding hydrogens is 214 g/mol. The molecule has 3 nitrogen and oxygen atoms in total. The molecule has 2 aliphatic rings. The van der Waals surface area contributed by atoms with Crippen molar-refractivity contribution in [1.82, 2.24) is 0 Å². The van der Waals surface area contributed by atoms with E-state index in [0.717, 1.165) is 17.9 Å². The number of hydrogen-bond donors (Lipinski definition) is 1. The third-order valence-corrected chi connectivity index (χ3v) is 3.53. The minimum atomic E-state index is 0.0636. The summed E-state index contributed by atoms with van der Waals surface area (Å²) in [5, 5.41) is 9.15. The van der Waals surface area contributed by atoms with Crippen LogP contribution in [-0.2, 0) is 0 Å². The average molecular weight is 231 g/mol. The fourth-order valence-electron chi connectivity index (χ4n) is 2.61. The summed E-state index contributed by atoms with van der Waals surface area (Å²) in [6, 6.07) is 8.38. The van der Waals surface area contributed by atoms with E-state index >= 15 is 0 Å². The Bertz CT molecular complexity index is 455. The molecule has 0 aromatic heterocycles. The molecule has 1 aromatic carbocycles. The lowest BCUT2D eigenvalue weighted by molar-refractivity contribution is 0.130. The van der Waals surface area contributed by atoms with Crippen LogP contribution in [0.5, 0.6) is 5.75 Å². The van der Waals surface area contributed by atoms with Crippen LogP contribution in [-0.4, -0.2) is 30.9 Å². The molecule has 3 rings (SSSR count). The van der Waals surface area contributed by atoms with Crippen molar-refractivity contribution in [1.29, 1.82) is 0 Å². The van der Waals surface area contributed by atoms with Gasteiger partial charge in [-0.1, -0.05) is 18.2 Å². The standard InChI is InChI=1S/C14H17NO2/c1-15-11-4-2-3-5-12(11)17-13(8-9-16)14(15)10-6-7-10/h2-6,13-14,16H,7-9H2,1H3. The molecule has 1 aliphatic heterocycles. The Morgan fingerprint density at radius 2 is 2.18 bits per heavy atom. The number of fused-ring (bicyclic) bond motifs is 1. The van der Waals surface area contributed by atoms with E-state index < -0.39 is 0 Å². The van der Waals surface area contributed by atoms with Crippen molar-refractivity contribution in [3.63, 3.8) is 0 Å². The number of allylic oxidation sites excluding steroid dienone is 1. The van der Waals surface area contributed by atoms with Gasteiger partial charge < -0.3 is 14.7 Å². The molecule has 1 N–H and O–H groups in total. The average Bonchev–Trinajstić information content (AvgIpc) is 3.14. The zero-order valence-corrected chi connectivity index (χ0v) is 9.97. The van der Waals surface area contributed by atoms with Crippen LogP contribution in [0.3, 0.4) is 0 Å². The minimum absolute atomic E-state index is 0.0636. The van der Waals surface area contributed by atoms with Gasteiger partial charge in [-0.3, -0.25) is 0 Å². The van der Waals surface area contributed by atoms with Gasteiger partial charge in [-0.2, -0.15) is 0 Å². The number of ether oxygens (including phenoxy) is 1. The molecule has 3 heteroatoms. The molecule has 17 heavy (non-hydrogen) atoms. The molecule has 0 fully saturated rings. The van der Waals surface area contributed by atoms with Gasteiger partial charge in [0.2, 0.25) is 0 Å². The van der Waals surface area contributed by atoms with Crippen LogP contribution in [0, 0.1) is 0 Å². The van der Waals surface area contributed by atoms with E-state index in [1.807, 2.05) is 18.2 Å². The summed E-state index contributed by atoms with van der Waals surface area (Å²) >= 11 is 0. The second-order valence-corrected chi connectivity index (χ2v) is 4.68. The number of anilines is 1. The number of hydrogen-bond acceptors (Lipinski definition) is 3. The lowest BCUT2D eigenvalue weighted by Gasteiger charge is -2.40. The summed E-state index contributed by atoms with van der Waals surface area (Å²) in [6.45, 7) is 0.171. The molecule has 1 heterocycles. The van der Waals surface area contributed by atoms with Gasteiger partial charge in [0.05, 0.1) is 11.7 Å². The van der Waals surface area contributed by atoms with E-state index in [4.69, 9.17) is 9.84 Å². The molecule has 1 aromatic rings. The van der Waals surface area contributed by atoms with Crippen molar-refractivity contribution in [2.75, 3.05) is 18.6 Å². The first kappa shape index (κ1) is 10.7. The highest BCUT2D eigenvalue weighted by molar-refractivity contribution is 5.62. The van der Waals surface area contributed by atoms with E-state index in [0.29, 0.717) is 6.42 Å². The Kier molecular flexibility index (Phi) is 2.56. The molecule has 0 bridgehead atoms. The molecule has 0 radical (unpaired) electrons. The molecule has 90 valence electrons. The number of rotatable bonds is 3. The van der Waals surface area contributed by atoms with E-state index in [1.165, 1.54) is 5.57 Å². The first-order valence-corrected chi connectivity index (χ1v) is 6.09. The number of aliphatic hydroxyl groups is 1. The van der Waals surface area contributed by atoms with Crippen LogP contribution in [0.4, 0.5) is 5.69 Å². The largest absolute Gasteiger partial charge is 0.486 e. The highest BCUT2D eigenvalue weighted by atomic mass is 16.5. The lowest BCUT2D eigenvalue weighted by atomic mass is 10.0. The van der Waals surface area contributed by atoms with Gasteiger partial charge in [0, 0.05) is 20.1 Å². The highest BCUT2D eigenvalue weighted by Crippen LogP contribution is 2.41. The molecular formula is C14H17NO2. The maximum absolute atomic E-state index is 9.15. The first-order chi connectivity index (χ1) is 8.31. The highest BCUT2D eigenvalue weighted by Gasteiger charge is 2.37. The van der Waals surface area contributed by atoms with Crippen LogP contribution in [0.25, 0.3) is 0 Å². The van der Waals surface area contributed by atoms with E-state index in [9.17, 15) is 0 Å². The summed E-state index contributed by atoms with van der Waals surface area (Å²) in [4.78, 5) is 2.28. The van der Waals surface area contributed by atoms with Crippen molar-refractivity contribution in [3.8, 4) is 5.75 Å². The zero-order valence-electron chi connectivity index (χ0n) is 9.97. The molecule has 0 saturated carbocycles. The second-order valence-electron chi connectivity index (χ2n) is 4.68. The molecule has 0 amide bonds. The van der Waals surface area contributed by atoms with Crippen molar-refractivity contribution < 1.29 is 9.84 Å². The van der Waals surface area contributed by atoms with E-state index in [2.05, 4.69) is 24.1 Å². The number of benzene rings is 1. The summed E-state index contributed by atoms with van der Waals surface area (Å²) in [7, 11) is 2.11. The Hall–Kier alpha value is -1.48. The van der Waals surface area contributed by atoms with E-state index in [-0.39, 0.29) is 18.8 Å². The van der Waals surface area contributed by atoms with Gasteiger partial charge in [0.15, 0.2) is 0 Å². The normalized spacial score (nSPS) is 26.0. The summed E-state index contributed by atoms with van der Waals surface area (Å²) in [5.74, 6) is 0.922. The Morgan fingerprint density at radius 3 is 2.88 bits per heavy atom. The lowest BCUT2D eigenvalue weighted by Crippen LogP contribution is -2.48. The maximum atomic E-state index is 9.15. The van der Waals surface area contributed by atoms with Crippen molar-refractivity contribution in [3.05, 3.63) is 35.9 Å². The molecule has 1 aliphatic carbocycles. The smallest absolute Gasteiger partial charge is 0.143 e. The molecule has 2 unspecified atom stereocenters. The molecule has 0 spiro atoms. The number of aliphatic hydroxyl groups excluding tert-OH is 1. The number of nitrogens with zero attached hydrogens (tertiary/aromatic N) is 1. The van der Waals surface area contributed by atoms with Crippen molar-refractivity contribution in [2.45, 2.75) is 25.0 Å². The van der Waals surface area contributed by atoms with Crippen LogP contribution in [0.15, 0.2) is 35.9 Å². The third kappa shape index (κ3) is 1.80. The Labute approximate surface area is 101 Å². The Morgan fingerprint density at radius 1 is 1.41 bits per heavy atom. The maximum Gasteiger partial charge on any atom is 0.143 e. The fourth-order valence-corrected chi connectivity index (χ4v) is 2.61. The van der Waals surface area contributed by atoms with Crippen LogP contribution >= 0.6 is 0 Å². The quantitative estimate of drug-likeness (QED) is 0.807. The topological polar surface area (TPSA) is 32.7 Å². The summed E-state index contributed by atoms with van der Waals surface area (Å²) in [6.07, 6.45) is 4.07. The zero-order chi connectivity index (χ0) is 11.8. The molecule has 2 atom stereocenters. The predicted octanol–water partition coefficient (Wildman–Crippen LogP) is 1.96. The summed E-state index contributed by atoms with van der Waals surface area (Å²) < 4.78 is 6.01. The second kappa shape index (κ2) is 4.08. The van der Waals surface area contributed by atoms with Gasteiger partial charge in [-0.05, 0) is 24.1 Å². The van der Waals surface area contributed by atoms with Crippen molar-refractivity contribution in [2.24, 2.45) is 0 Å². The van der Waals surface area contributed by atoms with Gasteiger partial charge >= 0.3 is 0 Å². The van der Waals surface area contributed by atoms with Gasteiger partial charge in [-0.25, -0.2) is 0 Å². The number of para-hydroxylation sites is 2. The van der Waals surface area contributed by atoms with Crippen LogP contribution in [0.1, 0.15) is 12.8 Å². The molecule has 0 saturated heterocycles. The predicted molar refractivity (Wildman–Crippen MR) is 67.5 cm³/mol. The fraction of sp³-hybridized carbons (Fsp3) is 0.429. The van der Waals surface area contributed by atoms with Gasteiger partial charge in [0.25, 0.3) is 0 Å². The van der Waals surface area contributed by atoms with E-state index in [1.54, 1.807) is 0 Å². The van der Waals surface area contributed by atoms with Crippen molar-refractivity contribution >= 4 is 5.69 Å². The summed E-state index contributed by atoms with van der Waals surface area (Å²) in [5.41, 5.74) is 2.57. The van der Waals surface area contributed by atoms with Crippen LogP contribution in [0.2, 0.25) is 0 Å². The van der Waals surface area contributed by atoms with Crippen LogP contribution < -0.4 is 9.64 Å². The Balaban J connectivity index is 1.95. The number of likely N-dealkylation sites (N-methyl/N-ethyl adjacent to an activating group) is 1. The van der Waals surface area contributed by atoms with Gasteiger partial charge in [0.1, 0.15) is 11.9 Å². The third-order valence-electron chi connectivity index (χ3n) is 3.53. The monoisotopic (exact) mass is 231 g/mol. The minimum Gasteiger partial charge on any atom is -0.486 e. The first-order valence-electron chi connectivity index (χ1n) is 6.09.